The van der Waals surface area contributed by atoms with E-state index >= 15 is 0 Å². The molecule has 0 saturated carbocycles. The maximum atomic E-state index is 13.4. The highest BCUT2D eigenvalue weighted by Gasteiger charge is 2.28. The molecule has 0 aliphatic heterocycles. The molecule has 3 aromatic carbocycles. The second-order valence-electron chi connectivity index (χ2n) is 7.72. The predicted molar refractivity (Wildman–Crippen MR) is 127 cm³/mol. The summed E-state index contributed by atoms with van der Waals surface area (Å²) in [6.07, 6.45) is 2.01. The van der Waals surface area contributed by atoms with Crippen molar-refractivity contribution in [3.8, 4) is 11.5 Å². The van der Waals surface area contributed by atoms with Crippen molar-refractivity contribution < 1.29 is 14.3 Å². The molecular weight excluding hydrogens is 400 g/mol. The lowest BCUT2D eigenvalue weighted by atomic mass is 9.95. The van der Waals surface area contributed by atoms with Gasteiger partial charge in [-0.05, 0) is 37.6 Å². The molecule has 164 valence electrons. The number of carbonyl (C=O) groups excluding carboxylic acids is 1. The Morgan fingerprint density at radius 1 is 0.969 bits per heavy atom. The van der Waals surface area contributed by atoms with Crippen molar-refractivity contribution in [3.63, 3.8) is 0 Å². The first-order chi connectivity index (χ1) is 15.6. The molecule has 1 atom stereocenters. The SMILES string of the molecule is CCN(C(=O)COc1ccccc1OC)[C@@H](c1ccc(C)cc1)c1c[nH]c2ccccc12. The van der Waals surface area contributed by atoms with Gasteiger partial charge in [0.05, 0.1) is 13.2 Å². The fourth-order valence-electron chi connectivity index (χ4n) is 4.06. The number of aromatic amines is 1. The topological polar surface area (TPSA) is 54.6 Å². The molecular formula is C27H28N2O3. The summed E-state index contributed by atoms with van der Waals surface area (Å²) < 4.78 is 11.2. The lowest BCUT2D eigenvalue weighted by molar-refractivity contribution is -0.134. The van der Waals surface area contributed by atoms with Crippen molar-refractivity contribution in [2.75, 3.05) is 20.3 Å². The number of rotatable bonds is 8. The summed E-state index contributed by atoms with van der Waals surface area (Å²) >= 11 is 0. The number of likely N-dealkylation sites (N-methyl/N-ethyl adjacent to an activating group) is 1. The summed E-state index contributed by atoms with van der Waals surface area (Å²) in [6, 6.07) is 23.7. The molecule has 1 aromatic heterocycles. The summed E-state index contributed by atoms with van der Waals surface area (Å²) in [5.74, 6) is 1.07. The van der Waals surface area contributed by atoms with Crippen LogP contribution in [0.3, 0.4) is 0 Å². The highest BCUT2D eigenvalue weighted by atomic mass is 16.5. The van der Waals surface area contributed by atoms with Crippen LogP contribution >= 0.6 is 0 Å². The van der Waals surface area contributed by atoms with E-state index in [1.165, 1.54) is 5.56 Å². The molecule has 0 unspecified atom stereocenters. The molecule has 0 fully saturated rings. The van der Waals surface area contributed by atoms with Crippen LogP contribution in [0.4, 0.5) is 0 Å². The van der Waals surface area contributed by atoms with Crippen LogP contribution in [0.1, 0.15) is 29.7 Å². The molecule has 0 aliphatic carbocycles. The molecule has 1 N–H and O–H groups in total. The van der Waals surface area contributed by atoms with Crippen molar-refractivity contribution in [2.45, 2.75) is 19.9 Å². The van der Waals surface area contributed by atoms with Crippen LogP contribution in [0.15, 0.2) is 79.0 Å². The molecule has 4 aromatic rings. The molecule has 1 amide bonds. The van der Waals surface area contributed by atoms with Gasteiger partial charge in [-0.25, -0.2) is 0 Å². The fourth-order valence-corrected chi connectivity index (χ4v) is 4.06. The van der Waals surface area contributed by atoms with Crippen molar-refractivity contribution in [3.05, 3.63) is 95.7 Å². The lowest BCUT2D eigenvalue weighted by Gasteiger charge is -2.31. The van der Waals surface area contributed by atoms with Gasteiger partial charge < -0.3 is 19.4 Å². The van der Waals surface area contributed by atoms with E-state index in [2.05, 4.69) is 42.2 Å². The number of aryl methyl sites for hydroxylation is 1. The van der Waals surface area contributed by atoms with E-state index in [1.54, 1.807) is 13.2 Å². The third-order valence-electron chi connectivity index (χ3n) is 5.70. The number of para-hydroxylation sites is 3. The number of carbonyl (C=O) groups is 1. The van der Waals surface area contributed by atoms with E-state index in [1.807, 2.05) is 54.4 Å². The number of nitrogens with zero attached hydrogens (tertiary/aromatic N) is 1. The molecule has 5 heteroatoms. The molecule has 0 bridgehead atoms. The first-order valence-corrected chi connectivity index (χ1v) is 10.8. The number of hydrogen-bond acceptors (Lipinski definition) is 3. The minimum Gasteiger partial charge on any atom is -0.493 e. The monoisotopic (exact) mass is 428 g/mol. The average molecular weight is 429 g/mol. The average Bonchev–Trinajstić information content (AvgIpc) is 3.25. The van der Waals surface area contributed by atoms with Gasteiger partial charge in [0.25, 0.3) is 5.91 Å². The van der Waals surface area contributed by atoms with Crippen molar-refractivity contribution in [2.24, 2.45) is 0 Å². The van der Waals surface area contributed by atoms with E-state index < -0.39 is 0 Å². The van der Waals surface area contributed by atoms with Gasteiger partial charge in [0.1, 0.15) is 0 Å². The maximum Gasteiger partial charge on any atom is 0.261 e. The van der Waals surface area contributed by atoms with Gasteiger partial charge in [0, 0.05) is 29.2 Å². The van der Waals surface area contributed by atoms with Crippen LogP contribution in [0.5, 0.6) is 11.5 Å². The summed E-state index contributed by atoms with van der Waals surface area (Å²) in [4.78, 5) is 18.6. The molecule has 4 rings (SSSR count). The number of nitrogens with one attached hydrogen (secondary N) is 1. The Labute approximate surface area is 188 Å². The zero-order chi connectivity index (χ0) is 22.5. The highest BCUT2D eigenvalue weighted by Crippen LogP contribution is 2.34. The van der Waals surface area contributed by atoms with Gasteiger partial charge in [-0.15, -0.1) is 0 Å². The Bertz CT molecular complexity index is 1200. The Morgan fingerprint density at radius 2 is 1.66 bits per heavy atom. The number of H-pyrrole nitrogens is 1. The van der Waals surface area contributed by atoms with Crippen molar-refractivity contribution in [1.82, 2.24) is 9.88 Å². The Hall–Kier alpha value is -3.73. The van der Waals surface area contributed by atoms with Gasteiger partial charge in [-0.2, -0.15) is 0 Å². The van der Waals surface area contributed by atoms with Crippen LogP contribution in [0, 0.1) is 6.92 Å². The quantitative estimate of drug-likeness (QED) is 0.403. The zero-order valence-electron chi connectivity index (χ0n) is 18.7. The maximum absolute atomic E-state index is 13.4. The lowest BCUT2D eigenvalue weighted by Crippen LogP contribution is -2.38. The van der Waals surface area contributed by atoms with E-state index in [4.69, 9.17) is 9.47 Å². The van der Waals surface area contributed by atoms with Gasteiger partial charge in [0.2, 0.25) is 0 Å². The van der Waals surface area contributed by atoms with Crippen LogP contribution in [-0.4, -0.2) is 36.1 Å². The fraction of sp³-hybridized carbons (Fsp3) is 0.222. The van der Waals surface area contributed by atoms with E-state index in [0.717, 1.165) is 22.0 Å². The summed E-state index contributed by atoms with van der Waals surface area (Å²) in [6.45, 7) is 4.54. The third kappa shape index (κ3) is 4.33. The zero-order valence-corrected chi connectivity index (χ0v) is 18.7. The van der Waals surface area contributed by atoms with Gasteiger partial charge in [-0.3, -0.25) is 4.79 Å². The summed E-state index contributed by atoms with van der Waals surface area (Å²) in [7, 11) is 1.59. The number of hydrogen-bond donors (Lipinski definition) is 1. The smallest absolute Gasteiger partial charge is 0.261 e. The van der Waals surface area contributed by atoms with Gasteiger partial charge in [0.15, 0.2) is 18.1 Å². The van der Waals surface area contributed by atoms with Crippen molar-refractivity contribution >= 4 is 16.8 Å². The predicted octanol–water partition coefficient (Wildman–Crippen LogP) is 5.50. The minimum absolute atomic E-state index is 0.0705. The van der Waals surface area contributed by atoms with Crippen LogP contribution in [0.2, 0.25) is 0 Å². The number of methoxy groups -OCH3 is 1. The number of benzene rings is 3. The normalized spacial score (nSPS) is 11.8. The first kappa shape index (κ1) is 21.5. The third-order valence-corrected chi connectivity index (χ3v) is 5.70. The molecule has 0 radical (unpaired) electrons. The number of ether oxygens (including phenoxy) is 2. The molecule has 32 heavy (non-hydrogen) atoms. The Kier molecular flexibility index (Phi) is 6.45. The number of amides is 1. The summed E-state index contributed by atoms with van der Waals surface area (Å²) in [5.41, 5.74) is 4.36. The Balaban J connectivity index is 1.68. The van der Waals surface area contributed by atoms with Gasteiger partial charge in [-0.1, -0.05) is 60.2 Å². The van der Waals surface area contributed by atoms with Crippen LogP contribution in [0.25, 0.3) is 10.9 Å². The Morgan fingerprint density at radius 3 is 2.38 bits per heavy atom. The van der Waals surface area contributed by atoms with E-state index in [-0.39, 0.29) is 18.6 Å². The van der Waals surface area contributed by atoms with E-state index in [9.17, 15) is 4.79 Å². The second-order valence-corrected chi connectivity index (χ2v) is 7.72. The van der Waals surface area contributed by atoms with E-state index in [0.29, 0.717) is 18.0 Å². The summed E-state index contributed by atoms with van der Waals surface area (Å²) in [5, 5.41) is 1.11. The molecule has 5 nitrogen and oxygen atoms in total. The first-order valence-electron chi connectivity index (χ1n) is 10.8. The number of fused-ring (bicyclic) bond motifs is 1. The molecule has 0 saturated heterocycles. The highest BCUT2D eigenvalue weighted by molar-refractivity contribution is 5.86. The van der Waals surface area contributed by atoms with Crippen LogP contribution < -0.4 is 9.47 Å². The van der Waals surface area contributed by atoms with Crippen LogP contribution in [-0.2, 0) is 4.79 Å². The van der Waals surface area contributed by atoms with Crippen molar-refractivity contribution in [1.29, 1.82) is 0 Å². The molecule has 0 spiro atoms. The minimum atomic E-state index is -0.231. The second kappa shape index (κ2) is 9.60. The molecule has 1 heterocycles. The standard InChI is InChI=1S/C27H28N2O3/c1-4-29(26(30)18-32-25-12-8-7-11-24(25)31-3)27(20-15-13-19(2)14-16-20)22-17-28-23-10-6-5-9-21(22)23/h5-17,27-28H,4,18H2,1-3H3/t27-/m0/s1. The number of aromatic nitrogens is 1. The van der Waals surface area contributed by atoms with Gasteiger partial charge >= 0.3 is 0 Å². The largest absolute Gasteiger partial charge is 0.493 e. The molecule has 0 aliphatic rings.